The van der Waals surface area contributed by atoms with Crippen LogP contribution in [0, 0.1) is 5.82 Å². The van der Waals surface area contributed by atoms with Gasteiger partial charge in [-0.3, -0.25) is 4.79 Å². The summed E-state index contributed by atoms with van der Waals surface area (Å²) in [6.07, 6.45) is 0.782. The van der Waals surface area contributed by atoms with E-state index in [1.54, 1.807) is 11.0 Å². The first-order valence-corrected chi connectivity index (χ1v) is 5.87. The average Bonchev–Trinajstić information content (AvgIpc) is 2.64. The Hall–Kier alpha value is -0.940. The SMILES string of the molecule is N[C@@H]1CCN(C(=O)c2ccc(Br)cc2F)C1. The molecule has 0 bridgehead atoms. The lowest BCUT2D eigenvalue weighted by Gasteiger charge is -2.16. The molecule has 0 radical (unpaired) electrons. The minimum Gasteiger partial charge on any atom is -0.337 e. The van der Waals surface area contributed by atoms with Crippen LogP contribution < -0.4 is 5.73 Å². The Morgan fingerprint density at radius 1 is 1.56 bits per heavy atom. The third kappa shape index (κ3) is 2.25. The van der Waals surface area contributed by atoms with E-state index in [2.05, 4.69) is 15.9 Å². The van der Waals surface area contributed by atoms with E-state index in [4.69, 9.17) is 5.73 Å². The van der Waals surface area contributed by atoms with Gasteiger partial charge >= 0.3 is 0 Å². The zero-order valence-corrected chi connectivity index (χ0v) is 10.2. The number of carbonyl (C=O) groups excluding carboxylic acids is 1. The van der Waals surface area contributed by atoms with Crippen LogP contribution >= 0.6 is 15.9 Å². The Bertz CT molecular complexity index is 424. The summed E-state index contributed by atoms with van der Waals surface area (Å²) in [6.45, 7) is 1.11. The lowest BCUT2D eigenvalue weighted by Crippen LogP contribution is -2.32. The van der Waals surface area contributed by atoms with Crippen molar-refractivity contribution >= 4 is 21.8 Å². The van der Waals surface area contributed by atoms with Gasteiger partial charge in [-0.05, 0) is 24.6 Å². The number of nitrogens with two attached hydrogens (primary N) is 1. The summed E-state index contributed by atoms with van der Waals surface area (Å²) in [4.78, 5) is 13.5. The first kappa shape index (κ1) is 11.5. The van der Waals surface area contributed by atoms with Gasteiger partial charge in [0.15, 0.2) is 0 Å². The number of hydrogen-bond acceptors (Lipinski definition) is 2. The minimum atomic E-state index is -0.500. The molecule has 0 saturated carbocycles. The fraction of sp³-hybridized carbons (Fsp3) is 0.364. The summed E-state index contributed by atoms with van der Waals surface area (Å²) in [5.74, 6) is -0.780. The van der Waals surface area contributed by atoms with Crippen LogP contribution in [0.2, 0.25) is 0 Å². The van der Waals surface area contributed by atoms with E-state index >= 15 is 0 Å². The van der Waals surface area contributed by atoms with Crippen molar-refractivity contribution in [3.05, 3.63) is 34.1 Å². The van der Waals surface area contributed by atoms with Crippen LogP contribution in [0.25, 0.3) is 0 Å². The molecule has 1 atom stereocenters. The van der Waals surface area contributed by atoms with E-state index in [1.807, 2.05) is 0 Å². The van der Waals surface area contributed by atoms with Crippen molar-refractivity contribution in [2.75, 3.05) is 13.1 Å². The van der Waals surface area contributed by atoms with Gasteiger partial charge in [0.25, 0.3) is 5.91 Å². The highest BCUT2D eigenvalue weighted by atomic mass is 79.9. The first-order valence-electron chi connectivity index (χ1n) is 5.08. The Labute approximate surface area is 102 Å². The molecule has 0 aromatic heterocycles. The molecule has 0 spiro atoms. The van der Waals surface area contributed by atoms with Crippen molar-refractivity contribution < 1.29 is 9.18 Å². The van der Waals surface area contributed by atoms with Crippen molar-refractivity contribution in [3.8, 4) is 0 Å². The molecule has 1 amide bonds. The monoisotopic (exact) mass is 286 g/mol. The van der Waals surface area contributed by atoms with Crippen LogP contribution in [0.3, 0.4) is 0 Å². The van der Waals surface area contributed by atoms with Crippen molar-refractivity contribution in [1.29, 1.82) is 0 Å². The van der Waals surface area contributed by atoms with Crippen LogP contribution in [0.15, 0.2) is 22.7 Å². The summed E-state index contributed by atoms with van der Waals surface area (Å²) >= 11 is 3.15. The number of hydrogen-bond donors (Lipinski definition) is 1. The molecule has 1 aromatic rings. The molecule has 2 rings (SSSR count). The number of rotatable bonds is 1. The number of halogens is 2. The molecule has 1 heterocycles. The van der Waals surface area contributed by atoms with E-state index in [0.717, 1.165) is 6.42 Å². The molecule has 0 aliphatic carbocycles. The molecular formula is C11H12BrFN2O. The molecule has 1 fully saturated rings. The maximum Gasteiger partial charge on any atom is 0.256 e. The molecule has 16 heavy (non-hydrogen) atoms. The smallest absolute Gasteiger partial charge is 0.256 e. The highest BCUT2D eigenvalue weighted by Crippen LogP contribution is 2.18. The lowest BCUT2D eigenvalue weighted by atomic mass is 10.2. The van der Waals surface area contributed by atoms with Crippen molar-refractivity contribution in [2.24, 2.45) is 5.73 Å². The summed E-state index contributed by atoms with van der Waals surface area (Å²) in [5, 5.41) is 0. The van der Waals surface area contributed by atoms with Gasteiger partial charge in [0.2, 0.25) is 0 Å². The van der Waals surface area contributed by atoms with Gasteiger partial charge < -0.3 is 10.6 Å². The molecule has 1 aromatic carbocycles. The highest BCUT2D eigenvalue weighted by Gasteiger charge is 2.26. The van der Waals surface area contributed by atoms with E-state index in [9.17, 15) is 9.18 Å². The number of carbonyl (C=O) groups is 1. The Morgan fingerprint density at radius 2 is 2.31 bits per heavy atom. The van der Waals surface area contributed by atoms with Crippen molar-refractivity contribution in [2.45, 2.75) is 12.5 Å². The van der Waals surface area contributed by atoms with Crippen molar-refractivity contribution in [3.63, 3.8) is 0 Å². The molecule has 1 saturated heterocycles. The largest absolute Gasteiger partial charge is 0.337 e. The zero-order chi connectivity index (χ0) is 11.7. The molecule has 1 aliphatic rings. The third-order valence-corrected chi connectivity index (χ3v) is 3.17. The van der Waals surface area contributed by atoms with Crippen LogP contribution in [-0.2, 0) is 0 Å². The van der Waals surface area contributed by atoms with Gasteiger partial charge in [-0.15, -0.1) is 0 Å². The third-order valence-electron chi connectivity index (χ3n) is 2.67. The van der Waals surface area contributed by atoms with E-state index in [1.165, 1.54) is 12.1 Å². The zero-order valence-electron chi connectivity index (χ0n) is 8.62. The fourth-order valence-electron chi connectivity index (χ4n) is 1.81. The molecule has 5 heteroatoms. The van der Waals surface area contributed by atoms with Crippen LogP contribution in [0.4, 0.5) is 4.39 Å². The van der Waals surface area contributed by atoms with Gasteiger partial charge in [0.1, 0.15) is 5.82 Å². The summed E-state index contributed by atoms with van der Waals surface area (Å²) < 4.78 is 14.2. The molecule has 2 N–H and O–H groups in total. The minimum absolute atomic E-state index is 0.0162. The maximum absolute atomic E-state index is 13.5. The van der Waals surface area contributed by atoms with Gasteiger partial charge in [-0.25, -0.2) is 4.39 Å². The maximum atomic E-state index is 13.5. The Balaban J connectivity index is 2.21. The summed E-state index contributed by atoms with van der Waals surface area (Å²) in [6, 6.07) is 4.46. The number of nitrogens with zero attached hydrogens (tertiary/aromatic N) is 1. The number of likely N-dealkylation sites (tertiary alicyclic amines) is 1. The topological polar surface area (TPSA) is 46.3 Å². The second kappa shape index (κ2) is 4.51. The predicted molar refractivity (Wildman–Crippen MR) is 62.6 cm³/mol. The lowest BCUT2D eigenvalue weighted by molar-refractivity contribution is 0.0786. The standard InChI is InChI=1S/C11H12BrFN2O/c12-7-1-2-9(10(13)5-7)11(16)15-4-3-8(14)6-15/h1-2,5,8H,3-4,6,14H2/t8-/m1/s1. The number of benzene rings is 1. The summed E-state index contributed by atoms with van der Waals surface area (Å²) in [7, 11) is 0. The second-order valence-electron chi connectivity index (χ2n) is 3.92. The predicted octanol–water partition coefficient (Wildman–Crippen LogP) is 1.76. The average molecular weight is 287 g/mol. The Kier molecular flexibility index (Phi) is 3.25. The van der Waals surface area contributed by atoms with Gasteiger partial charge in [-0.1, -0.05) is 15.9 Å². The molecule has 0 unspecified atom stereocenters. The fourth-order valence-corrected chi connectivity index (χ4v) is 2.14. The molecular weight excluding hydrogens is 275 g/mol. The van der Waals surface area contributed by atoms with Crippen LogP contribution in [0.5, 0.6) is 0 Å². The van der Waals surface area contributed by atoms with Crippen molar-refractivity contribution in [1.82, 2.24) is 4.90 Å². The quantitative estimate of drug-likeness (QED) is 0.855. The first-order chi connectivity index (χ1) is 7.58. The molecule has 86 valence electrons. The van der Waals surface area contributed by atoms with Crippen LogP contribution in [0.1, 0.15) is 16.8 Å². The number of amides is 1. The van der Waals surface area contributed by atoms with Gasteiger partial charge in [0.05, 0.1) is 5.56 Å². The summed E-state index contributed by atoms with van der Waals surface area (Å²) in [5.41, 5.74) is 5.82. The second-order valence-corrected chi connectivity index (χ2v) is 4.84. The Morgan fingerprint density at radius 3 is 2.88 bits per heavy atom. The molecule has 1 aliphatic heterocycles. The van der Waals surface area contributed by atoms with E-state index < -0.39 is 5.82 Å². The van der Waals surface area contributed by atoms with Crippen LogP contribution in [-0.4, -0.2) is 29.9 Å². The molecule has 3 nitrogen and oxygen atoms in total. The normalized spacial score (nSPS) is 20.2. The van der Waals surface area contributed by atoms with Gasteiger partial charge in [-0.2, -0.15) is 0 Å². The van der Waals surface area contributed by atoms with E-state index in [0.29, 0.717) is 17.6 Å². The van der Waals surface area contributed by atoms with E-state index in [-0.39, 0.29) is 17.5 Å². The van der Waals surface area contributed by atoms with Gasteiger partial charge in [0, 0.05) is 23.6 Å². The highest BCUT2D eigenvalue weighted by molar-refractivity contribution is 9.10.